The van der Waals surface area contributed by atoms with E-state index in [9.17, 15) is 4.79 Å². The second-order valence-electron chi connectivity index (χ2n) is 6.96. The fourth-order valence-electron chi connectivity index (χ4n) is 3.52. The van der Waals surface area contributed by atoms with Gasteiger partial charge in [-0.3, -0.25) is 14.6 Å². The first-order valence-electron chi connectivity index (χ1n) is 9.79. The van der Waals surface area contributed by atoms with Gasteiger partial charge in [0.15, 0.2) is 5.65 Å². The van der Waals surface area contributed by atoms with Crippen molar-refractivity contribution in [1.29, 1.82) is 0 Å². The molecule has 1 aliphatic rings. The molecule has 3 aromatic rings. The molecule has 0 aliphatic carbocycles. The Bertz CT molecular complexity index is 960. The van der Waals surface area contributed by atoms with Gasteiger partial charge in [-0.2, -0.15) is 5.10 Å². The normalized spacial score (nSPS) is 16.0. The lowest BCUT2D eigenvalue weighted by atomic mass is 10.3. The molecule has 0 spiro atoms. The van der Waals surface area contributed by atoms with Crippen LogP contribution in [0.5, 0.6) is 0 Å². The molecule has 1 aliphatic heterocycles. The lowest BCUT2D eigenvalue weighted by Gasteiger charge is -2.34. The largest absolute Gasteiger partial charge is 0.380 e. The number of piperazine rings is 1. The molecule has 8 heteroatoms. The van der Waals surface area contributed by atoms with E-state index >= 15 is 0 Å². The van der Waals surface area contributed by atoms with Crippen LogP contribution >= 0.6 is 0 Å². The quantitative estimate of drug-likeness (QED) is 0.620. The molecule has 4 rings (SSSR count). The molecule has 1 fully saturated rings. The Morgan fingerprint density at radius 3 is 2.61 bits per heavy atom. The number of fused-ring (bicyclic) bond motifs is 1. The topological polar surface area (TPSA) is 79.3 Å². The van der Waals surface area contributed by atoms with Crippen LogP contribution in [0.1, 0.15) is 12.7 Å². The summed E-state index contributed by atoms with van der Waals surface area (Å²) in [6, 6.07) is 9.76. The van der Waals surface area contributed by atoms with Gasteiger partial charge in [-0.25, -0.2) is 9.67 Å². The summed E-state index contributed by atoms with van der Waals surface area (Å²) in [4.78, 5) is 24.9. The predicted octanol–water partition coefficient (Wildman–Crippen LogP) is 1.26. The van der Waals surface area contributed by atoms with Gasteiger partial charge in [0.1, 0.15) is 11.2 Å². The molecular weight excluding hydrogens is 356 g/mol. The smallest absolute Gasteiger partial charge is 0.262 e. The lowest BCUT2D eigenvalue weighted by molar-refractivity contribution is 0.0777. The minimum atomic E-state index is -0.141. The van der Waals surface area contributed by atoms with E-state index in [1.807, 2.05) is 37.3 Å². The molecule has 0 radical (unpaired) electrons. The van der Waals surface area contributed by atoms with Crippen LogP contribution in [-0.2, 0) is 11.3 Å². The standard InChI is InChI=1S/C20H26N6O2/c1-2-28-13-12-24-8-10-25(11-9-24)15-18-22-19-17(20(27)23-18)14-21-26(19)16-6-4-3-5-7-16/h3-7,14H,2,8-13,15H2,1H3,(H,22,23,27). The van der Waals surface area contributed by atoms with Gasteiger partial charge in [-0.15, -0.1) is 0 Å². The molecular formula is C20H26N6O2. The number of hydrogen-bond acceptors (Lipinski definition) is 6. The molecule has 0 atom stereocenters. The van der Waals surface area contributed by atoms with Gasteiger partial charge >= 0.3 is 0 Å². The molecule has 148 valence electrons. The summed E-state index contributed by atoms with van der Waals surface area (Å²) >= 11 is 0. The monoisotopic (exact) mass is 382 g/mol. The molecule has 1 N–H and O–H groups in total. The zero-order chi connectivity index (χ0) is 19.3. The molecule has 0 amide bonds. The summed E-state index contributed by atoms with van der Waals surface area (Å²) in [7, 11) is 0. The summed E-state index contributed by atoms with van der Waals surface area (Å²) in [6.07, 6.45) is 1.58. The average molecular weight is 382 g/mol. The van der Waals surface area contributed by atoms with E-state index in [2.05, 4.69) is 19.9 Å². The molecule has 1 aromatic carbocycles. The van der Waals surface area contributed by atoms with Gasteiger partial charge in [-0.1, -0.05) is 18.2 Å². The SMILES string of the molecule is CCOCCN1CCN(Cc2nc3c(cnn3-c3ccccc3)c(=O)[nH]2)CC1. The van der Waals surface area contributed by atoms with E-state index in [0.717, 1.165) is 51.6 Å². The van der Waals surface area contributed by atoms with Crippen molar-refractivity contribution in [2.45, 2.75) is 13.5 Å². The summed E-state index contributed by atoms with van der Waals surface area (Å²) in [5.74, 6) is 0.679. The van der Waals surface area contributed by atoms with Crippen molar-refractivity contribution >= 4 is 11.0 Å². The maximum absolute atomic E-state index is 12.5. The Balaban J connectivity index is 1.47. The number of rotatable bonds is 7. The molecule has 8 nitrogen and oxygen atoms in total. The lowest BCUT2D eigenvalue weighted by Crippen LogP contribution is -2.47. The van der Waals surface area contributed by atoms with Crippen molar-refractivity contribution in [2.24, 2.45) is 0 Å². The number of H-pyrrole nitrogens is 1. The van der Waals surface area contributed by atoms with Crippen LogP contribution in [0.4, 0.5) is 0 Å². The number of nitrogens with one attached hydrogen (secondary N) is 1. The third-order valence-corrected chi connectivity index (χ3v) is 5.08. The third-order valence-electron chi connectivity index (χ3n) is 5.08. The highest BCUT2D eigenvalue weighted by atomic mass is 16.5. The first kappa shape index (κ1) is 18.8. The van der Waals surface area contributed by atoms with Crippen LogP contribution in [0.3, 0.4) is 0 Å². The van der Waals surface area contributed by atoms with E-state index in [0.29, 0.717) is 23.4 Å². The zero-order valence-corrected chi connectivity index (χ0v) is 16.2. The van der Waals surface area contributed by atoms with Crippen molar-refractivity contribution in [3.05, 3.63) is 52.7 Å². The number of aromatic amines is 1. The third kappa shape index (κ3) is 4.14. The average Bonchev–Trinajstić information content (AvgIpc) is 3.15. The minimum Gasteiger partial charge on any atom is -0.380 e. The van der Waals surface area contributed by atoms with E-state index in [-0.39, 0.29) is 5.56 Å². The molecule has 28 heavy (non-hydrogen) atoms. The molecule has 2 aromatic heterocycles. The van der Waals surface area contributed by atoms with Crippen LogP contribution in [0, 0.1) is 0 Å². The Morgan fingerprint density at radius 2 is 1.86 bits per heavy atom. The van der Waals surface area contributed by atoms with Crippen molar-refractivity contribution in [1.82, 2.24) is 29.5 Å². The highest BCUT2D eigenvalue weighted by molar-refractivity contribution is 5.75. The second-order valence-corrected chi connectivity index (χ2v) is 6.96. The van der Waals surface area contributed by atoms with E-state index in [4.69, 9.17) is 9.72 Å². The van der Waals surface area contributed by atoms with E-state index in [1.54, 1.807) is 10.9 Å². The van der Waals surface area contributed by atoms with Gasteiger partial charge in [0.05, 0.1) is 25.0 Å². The maximum Gasteiger partial charge on any atom is 0.262 e. The highest BCUT2D eigenvalue weighted by Gasteiger charge is 2.18. The summed E-state index contributed by atoms with van der Waals surface area (Å²) in [5, 5.41) is 4.87. The number of nitrogens with zero attached hydrogens (tertiary/aromatic N) is 5. The Kier molecular flexibility index (Phi) is 5.80. The highest BCUT2D eigenvalue weighted by Crippen LogP contribution is 2.14. The summed E-state index contributed by atoms with van der Waals surface area (Å²) in [5.41, 5.74) is 1.35. The van der Waals surface area contributed by atoms with Gasteiger partial charge in [0.2, 0.25) is 0 Å². The number of aromatic nitrogens is 4. The summed E-state index contributed by atoms with van der Waals surface area (Å²) < 4.78 is 7.16. The Labute approximate surface area is 163 Å². The van der Waals surface area contributed by atoms with Crippen LogP contribution in [0.2, 0.25) is 0 Å². The van der Waals surface area contributed by atoms with Crippen LogP contribution in [0.15, 0.2) is 41.3 Å². The maximum atomic E-state index is 12.5. The molecule has 0 unspecified atom stereocenters. The zero-order valence-electron chi connectivity index (χ0n) is 16.2. The first-order chi connectivity index (χ1) is 13.7. The first-order valence-corrected chi connectivity index (χ1v) is 9.79. The molecule has 3 heterocycles. The number of hydrogen-bond donors (Lipinski definition) is 1. The van der Waals surface area contributed by atoms with Gasteiger partial charge < -0.3 is 9.72 Å². The number of benzene rings is 1. The van der Waals surface area contributed by atoms with Gasteiger partial charge in [0, 0.05) is 39.3 Å². The van der Waals surface area contributed by atoms with Crippen molar-refractivity contribution in [2.75, 3.05) is 45.9 Å². The second kappa shape index (κ2) is 8.64. The molecule has 0 bridgehead atoms. The fourth-order valence-corrected chi connectivity index (χ4v) is 3.52. The van der Waals surface area contributed by atoms with Crippen LogP contribution in [-0.4, -0.2) is 75.5 Å². The van der Waals surface area contributed by atoms with Crippen molar-refractivity contribution < 1.29 is 4.74 Å². The number of para-hydroxylation sites is 1. The fraction of sp³-hybridized carbons (Fsp3) is 0.450. The van der Waals surface area contributed by atoms with Crippen molar-refractivity contribution in [3.8, 4) is 5.69 Å². The van der Waals surface area contributed by atoms with Crippen LogP contribution in [0.25, 0.3) is 16.7 Å². The van der Waals surface area contributed by atoms with Crippen LogP contribution < -0.4 is 5.56 Å². The van der Waals surface area contributed by atoms with Gasteiger partial charge in [0.25, 0.3) is 5.56 Å². The minimum absolute atomic E-state index is 0.141. The summed E-state index contributed by atoms with van der Waals surface area (Å²) in [6.45, 7) is 9.07. The van der Waals surface area contributed by atoms with Gasteiger partial charge in [-0.05, 0) is 19.1 Å². The predicted molar refractivity (Wildman–Crippen MR) is 108 cm³/mol. The Morgan fingerprint density at radius 1 is 1.11 bits per heavy atom. The van der Waals surface area contributed by atoms with Crippen molar-refractivity contribution in [3.63, 3.8) is 0 Å². The number of ether oxygens (including phenoxy) is 1. The molecule has 0 saturated carbocycles. The van der Waals surface area contributed by atoms with E-state index < -0.39 is 0 Å². The van der Waals surface area contributed by atoms with E-state index in [1.165, 1.54) is 0 Å². The molecule has 1 saturated heterocycles. The Hall–Kier alpha value is -2.55.